The fourth-order valence-corrected chi connectivity index (χ4v) is 2.95. The smallest absolute Gasteiger partial charge is 0.263 e. The number of nitrogens with zero attached hydrogens (tertiary/aromatic N) is 4. The number of benzene rings is 2. The summed E-state index contributed by atoms with van der Waals surface area (Å²) < 4.78 is 7.39. The number of aromatic nitrogens is 3. The lowest BCUT2D eigenvalue weighted by atomic mass is 10.2. The predicted molar refractivity (Wildman–Crippen MR) is 97.1 cm³/mol. The summed E-state index contributed by atoms with van der Waals surface area (Å²) in [6.45, 7) is 7.58. The van der Waals surface area contributed by atoms with Crippen LogP contribution in [0.25, 0.3) is 27.6 Å². The lowest BCUT2D eigenvalue weighted by Gasteiger charge is -2.08. The molecule has 0 aliphatic rings. The quantitative estimate of drug-likeness (QED) is 0.442. The van der Waals surface area contributed by atoms with E-state index in [1.54, 1.807) is 30.5 Å². The number of rotatable bonds is 3. The molecule has 0 amide bonds. The van der Waals surface area contributed by atoms with Gasteiger partial charge in [0.05, 0.1) is 33.8 Å². The Morgan fingerprint density at radius 3 is 2.56 bits per heavy atom. The molecule has 7 heteroatoms. The summed E-state index contributed by atoms with van der Waals surface area (Å²) in [7, 11) is 0. The maximum absolute atomic E-state index is 7.05. The van der Waals surface area contributed by atoms with Crippen molar-refractivity contribution in [3.63, 3.8) is 0 Å². The van der Waals surface area contributed by atoms with Gasteiger partial charge in [-0.15, -0.1) is 0 Å². The third kappa shape index (κ3) is 2.86. The summed E-state index contributed by atoms with van der Waals surface area (Å²) in [5.41, 5.74) is 3.16. The minimum Gasteiger partial charge on any atom is -0.442 e. The lowest BCUT2D eigenvalue weighted by Crippen LogP contribution is -2.02. The molecule has 0 unspecified atom stereocenters. The van der Waals surface area contributed by atoms with Gasteiger partial charge in [-0.25, -0.2) is 14.8 Å². The molecule has 0 saturated carbocycles. The first-order valence-electron chi connectivity index (χ1n) is 7.37. The third-order valence-electron chi connectivity index (χ3n) is 3.82. The van der Waals surface area contributed by atoms with Crippen LogP contribution in [0.4, 0.5) is 5.69 Å². The first-order valence-corrected chi connectivity index (χ1v) is 8.13. The molecule has 4 aromatic rings. The Morgan fingerprint density at radius 2 is 1.88 bits per heavy atom. The first kappa shape index (κ1) is 15.7. The number of fused-ring (bicyclic) bond motifs is 1. The van der Waals surface area contributed by atoms with E-state index in [-0.39, 0.29) is 0 Å². The number of hydrogen-bond acceptors (Lipinski definition) is 3. The van der Waals surface area contributed by atoms with Gasteiger partial charge in [0.25, 0.3) is 5.89 Å². The van der Waals surface area contributed by atoms with E-state index in [4.69, 9.17) is 34.2 Å². The molecule has 0 aliphatic heterocycles. The van der Waals surface area contributed by atoms with Gasteiger partial charge >= 0.3 is 0 Å². The average Bonchev–Trinajstić information content (AvgIpc) is 3.25. The van der Waals surface area contributed by atoms with Crippen LogP contribution < -0.4 is 0 Å². The highest BCUT2D eigenvalue weighted by Crippen LogP contribution is 2.31. The highest BCUT2D eigenvalue weighted by Gasteiger charge is 2.17. The minimum absolute atomic E-state index is 0.418. The molecule has 2 aromatic heterocycles. The molecule has 0 spiro atoms. The second kappa shape index (κ2) is 6.25. The summed E-state index contributed by atoms with van der Waals surface area (Å²) in [4.78, 5) is 12.2. The van der Waals surface area contributed by atoms with Crippen molar-refractivity contribution in [3.05, 3.63) is 75.9 Å². The molecule has 2 aromatic carbocycles. The molecule has 5 nitrogen and oxygen atoms in total. The average molecular weight is 369 g/mol. The number of hydrogen-bond donors (Lipinski definition) is 0. The molecule has 0 fully saturated rings. The Hall–Kier alpha value is -2.81. The zero-order chi connectivity index (χ0) is 17.4. The topological polar surface area (TPSA) is 48.2 Å². The normalized spacial score (nSPS) is 10.9. The Kier molecular flexibility index (Phi) is 3.92. The van der Waals surface area contributed by atoms with Crippen LogP contribution in [0, 0.1) is 6.57 Å². The summed E-state index contributed by atoms with van der Waals surface area (Å²) >= 11 is 12.3. The van der Waals surface area contributed by atoms with Crippen molar-refractivity contribution in [1.82, 2.24) is 14.5 Å². The molecule has 122 valence electrons. The van der Waals surface area contributed by atoms with Crippen molar-refractivity contribution in [3.8, 4) is 11.7 Å². The summed E-state index contributed by atoms with van der Waals surface area (Å²) in [6.07, 6.45) is 3.08. The molecule has 2 heterocycles. The Bertz CT molecular complexity index is 1090. The van der Waals surface area contributed by atoms with Crippen molar-refractivity contribution < 1.29 is 4.42 Å². The second-order valence-electron chi connectivity index (χ2n) is 5.39. The van der Waals surface area contributed by atoms with Crippen molar-refractivity contribution in [2.45, 2.75) is 6.54 Å². The highest BCUT2D eigenvalue weighted by molar-refractivity contribution is 6.42. The first-order chi connectivity index (χ1) is 12.2. The molecule has 0 bridgehead atoms. The van der Waals surface area contributed by atoms with Crippen LogP contribution in [0.15, 0.2) is 53.3 Å². The van der Waals surface area contributed by atoms with E-state index >= 15 is 0 Å². The molecular formula is C18H10Cl2N4O. The molecule has 4 rings (SSSR count). The van der Waals surface area contributed by atoms with E-state index in [2.05, 4.69) is 14.8 Å². The van der Waals surface area contributed by atoms with Crippen LogP contribution in [-0.2, 0) is 6.54 Å². The van der Waals surface area contributed by atoms with Gasteiger partial charge in [0.15, 0.2) is 11.5 Å². The molecule has 0 radical (unpaired) electrons. The van der Waals surface area contributed by atoms with Gasteiger partial charge in [-0.2, -0.15) is 0 Å². The molecule has 0 atom stereocenters. The number of imidazole rings is 1. The highest BCUT2D eigenvalue weighted by atomic mass is 35.5. The summed E-state index contributed by atoms with van der Waals surface area (Å²) in [5.74, 6) is 1.01. The monoisotopic (exact) mass is 368 g/mol. The third-order valence-corrected chi connectivity index (χ3v) is 4.54. The van der Waals surface area contributed by atoms with Gasteiger partial charge in [-0.05, 0) is 17.7 Å². The minimum atomic E-state index is 0.418. The van der Waals surface area contributed by atoms with Gasteiger partial charge in [0.1, 0.15) is 6.26 Å². The van der Waals surface area contributed by atoms with Crippen LogP contribution in [0.2, 0.25) is 10.0 Å². The molecule has 25 heavy (non-hydrogen) atoms. The number of halogens is 2. The summed E-state index contributed by atoms with van der Waals surface area (Å²) in [5, 5.41) is 0.900. The zero-order valence-electron chi connectivity index (χ0n) is 12.8. The maximum Gasteiger partial charge on any atom is 0.263 e. The lowest BCUT2D eigenvalue weighted by molar-refractivity contribution is 0.564. The fraction of sp³-hybridized carbons (Fsp3) is 0.0556. The SMILES string of the molecule is [C-]#[N+]c1ccc(Cn2c(-c3ncco3)nc3cc(Cl)c(Cl)cc32)cc1. The van der Waals surface area contributed by atoms with Crippen LogP contribution in [0.1, 0.15) is 5.56 Å². The summed E-state index contributed by atoms with van der Waals surface area (Å²) in [6, 6.07) is 10.9. The van der Waals surface area contributed by atoms with Crippen LogP contribution in [-0.4, -0.2) is 14.5 Å². The predicted octanol–water partition coefficient (Wildman–Crippen LogP) is 5.60. The number of oxazole rings is 1. The van der Waals surface area contributed by atoms with E-state index in [0.717, 1.165) is 11.1 Å². The van der Waals surface area contributed by atoms with Crippen LogP contribution >= 0.6 is 23.2 Å². The van der Waals surface area contributed by atoms with E-state index < -0.39 is 0 Å². The van der Waals surface area contributed by atoms with Crippen molar-refractivity contribution >= 4 is 39.9 Å². The second-order valence-corrected chi connectivity index (χ2v) is 6.21. The standard InChI is InChI=1S/C18H10Cl2N4O/c1-21-12-4-2-11(3-5-12)10-24-16-9-14(20)13(19)8-15(16)23-17(24)18-22-6-7-25-18/h2-9H,10H2. The molecule has 0 N–H and O–H groups in total. The van der Waals surface area contributed by atoms with E-state index in [1.165, 1.54) is 6.26 Å². The Labute approximate surface area is 153 Å². The van der Waals surface area contributed by atoms with E-state index in [0.29, 0.717) is 39.5 Å². The maximum atomic E-state index is 7.05. The zero-order valence-corrected chi connectivity index (χ0v) is 14.3. The Morgan fingerprint density at radius 1 is 1.12 bits per heavy atom. The van der Waals surface area contributed by atoms with Crippen LogP contribution in [0.5, 0.6) is 0 Å². The van der Waals surface area contributed by atoms with Crippen molar-refractivity contribution in [2.75, 3.05) is 0 Å². The van der Waals surface area contributed by atoms with Gasteiger partial charge in [0, 0.05) is 6.54 Å². The molecule has 0 aliphatic carbocycles. The van der Waals surface area contributed by atoms with Crippen molar-refractivity contribution in [1.29, 1.82) is 0 Å². The van der Waals surface area contributed by atoms with E-state index in [9.17, 15) is 0 Å². The van der Waals surface area contributed by atoms with Crippen LogP contribution in [0.3, 0.4) is 0 Å². The van der Waals surface area contributed by atoms with E-state index in [1.807, 2.05) is 16.7 Å². The van der Waals surface area contributed by atoms with Gasteiger partial charge in [0.2, 0.25) is 0 Å². The van der Waals surface area contributed by atoms with Crippen molar-refractivity contribution in [2.24, 2.45) is 0 Å². The van der Waals surface area contributed by atoms with Gasteiger partial charge < -0.3 is 8.98 Å². The van der Waals surface area contributed by atoms with Gasteiger partial charge in [-0.3, -0.25) is 0 Å². The fourth-order valence-electron chi connectivity index (χ4n) is 2.64. The molecular weight excluding hydrogens is 359 g/mol. The Balaban J connectivity index is 1.88. The van der Waals surface area contributed by atoms with Gasteiger partial charge in [-0.1, -0.05) is 47.5 Å². The molecule has 0 saturated heterocycles. The largest absolute Gasteiger partial charge is 0.442 e.